The summed E-state index contributed by atoms with van der Waals surface area (Å²) in [6.07, 6.45) is 3.29. The highest BCUT2D eigenvalue weighted by atomic mass is 79.9. The summed E-state index contributed by atoms with van der Waals surface area (Å²) >= 11 is 3.33. The molecule has 1 heterocycles. The Morgan fingerprint density at radius 3 is 2.79 bits per heavy atom. The molecule has 0 aliphatic carbocycles. The van der Waals surface area contributed by atoms with Crippen LogP contribution in [0.3, 0.4) is 0 Å². The zero-order valence-electron chi connectivity index (χ0n) is 10.4. The highest BCUT2D eigenvalue weighted by Crippen LogP contribution is 2.21. The molecule has 4 nitrogen and oxygen atoms in total. The average Bonchev–Trinajstić information content (AvgIpc) is 2.35. The number of aryl methyl sites for hydroxylation is 1. The average molecular weight is 320 g/mol. The number of anilines is 1. The fraction of sp³-hybridized carbons (Fsp3) is 0.143. The van der Waals surface area contributed by atoms with Crippen LogP contribution in [0.15, 0.2) is 47.2 Å². The molecule has 5 heteroatoms. The van der Waals surface area contributed by atoms with Crippen molar-refractivity contribution in [2.75, 3.05) is 5.32 Å². The summed E-state index contributed by atoms with van der Waals surface area (Å²) in [6, 6.07) is 8.99. The van der Waals surface area contributed by atoms with Gasteiger partial charge in [0.2, 0.25) is 5.91 Å². The maximum Gasteiger partial charge on any atom is 0.244 e. The van der Waals surface area contributed by atoms with Crippen LogP contribution in [0, 0.1) is 6.92 Å². The summed E-state index contributed by atoms with van der Waals surface area (Å²) in [5, 5.41) is 3.13. The van der Waals surface area contributed by atoms with Gasteiger partial charge in [0.15, 0.2) is 0 Å². The molecular formula is C14H14BrN3O. The Balaban J connectivity index is 2.29. The molecule has 2 rings (SSSR count). The molecule has 19 heavy (non-hydrogen) atoms. The molecule has 1 amide bonds. The van der Waals surface area contributed by atoms with Gasteiger partial charge in [0.1, 0.15) is 6.04 Å². The third-order valence-corrected chi connectivity index (χ3v) is 3.11. The molecule has 0 aliphatic rings. The van der Waals surface area contributed by atoms with Crippen LogP contribution in [0.2, 0.25) is 0 Å². The van der Waals surface area contributed by atoms with E-state index in [1.54, 1.807) is 12.4 Å². The van der Waals surface area contributed by atoms with Crippen molar-refractivity contribution in [3.8, 4) is 0 Å². The summed E-state index contributed by atoms with van der Waals surface area (Å²) in [5.74, 6) is -0.443. The van der Waals surface area contributed by atoms with Crippen molar-refractivity contribution in [1.29, 1.82) is 0 Å². The number of primary amides is 1. The molecule has 0 aliphatic heterocycles. The minimum Gasteiger partial charge on any atom is -0.370 e. The van der Waals surface area contributed by atoms with Crippen LogP contribution in [-0.4, -0.2) is 10.9 Å². The molecule has 98 valence electrons. The SMILES string of the molecule is Cc1cccc(NC(C(N)=O)c2cncc(Br)c2)c1. The molecular weight excluding hydrogens is 306 g/mol. The maximum absolute atomic E-state index is 11.6. The molecule has 1 aromatic carbocycles. The fourth-order valence-corrected chi connectivity index (χ4v) is 2.19. The third kappa shape index (κ3) is 3.54. The lowest BCUT2D eigenvalue weighted by Gasteiger charge is -2.17. The highest BCUT2D eigenvalue weighted by Gasteiger charge is 2.18. The van der Waals surface area contributed by atoms with Gasteiger partial charge in [-0.2, -0.15) is 0 Å². The van der Waals surface area contributed by atoms with Crippen LogP contribution in [0.4, 0.5) is 5.69 Å². The quantitative estimate of drug-likeness (QED) is 0.910. The van der Waals surface area contributed by atoms with Crippen LogP contribution in [0.5, 0.6) is 0 Å². The first kappa shape index (κ1) is 13.5. The number of hydrogen-bond donors (Lipinski definition) is 2. The van der Waals surface area contributed by atoms with Crippen molar-refractivity contribution < 1.29 is 4.79 Å². The standard InChI is InChI=1S/C14H14BrN3O/c1-9-3-2-4-12(5-9)18-13(14(16)19)10-6-11(15)8-17-7-10/h2-8,13,18H,1H3,(H2,16,19). The normalized spacial score (nSPS) is 11.9. The van der Waals surface area contributed by atoms with E-state index >= 15 is 0 Å². The van der Waals surface area contributed by atoms with E-state index in [0.717, 1.165) is 21.3 Å². The number of pyridine rings is 1. The molecule has 3 N–H and O–H groups in total. The predicted molar refractivity (Wildman–Crippen MR) is 78.7 cm³/mol. The summed E-state index contributed by atoms with van der Waals surface area (Å²) in [7, 11) is 0. The van der Waals surface area contributed by atoms with Gasteiger partial charge in [0, 0.05) is 28.1 Å². The van der Waals surface area contributed by atoms with E-state index < -0.39 is 11.9 Å². The number of amides is 1. The largest absolute Gasteiger partial charge is 0.370 e. The minimum absolute atomic E-state index is 0.443. The van der Waals surface area contributed by atoms with Crippen LogP contribution in [-0.2, 0) is 4.79 Å². The van der Waals surface area contributed by atoms with E-state index in [-0.39, 0.29) is 0 Å². The summed E-state index contributed by atoms with van der Waals surface area (Å²) in [4.78, 5) is 15.7. The van der Waals surface area contributed by atoms with Gasteiger partial charge in [-0.1, -0.05) is 12.1 Å². The first-order chi connectivity index (χ1) is 9.06. The molecule has 0 saturated heterocycles. The lowest BCUT2D eigenvalue weighted by Crippen LogP contribution is -2.27. The molecule has 0 radical (unpaired) electrons. The second kappa shape index (κ2) is 5.84. The molecule has 0 saturated carbocycles. The van der Waals surface area contributed by atoms with Crippen molar-refractivity contribution in [3.63, 3.8) is 0 Å². The Labute approximate surface area is 120 Å². The van der Waals surface area contributed by atoms with Crippen molar-refractivity contribution in [1.82, 2.24) is 4.98 Å². The van der Waals surface area contributed by atoms with Crippen molar-refractivity contribution in [3.05, 3.63) is 58.3 Å². The number of hydrogen-bond acceptors (Lipinski definition) is 3. The fourth-order valence-electron chi connectivity index (χ4n) is 1.81. The number of carbonyl (C=O) groups is 1. The highest BCUT2D eigenvalue weighted by molar-refractivity contribution is 9.10. The van der Waals surface area contributed by atoms with Gasteiger partial charge >= 0.3 is 0 Å². The number of halogens is 1. The van der Waals surface area contributed by atoms with E-state index in [2.05, 4.69) is 26.2 Å². The second-order valence-corrected chi connectivity index (χ2v) is 5.20. The lowest BCUT2D eigenvalue weighted by atomic mass is 10.1. The van der Waals surface area contributed by atoms with Crippen molar-refractivity contribution in [2.24, 2.45) is 5.73 Å². The smallest absolute Gasteiger partial charge is 0.244 e. The van der Waals surface area contributed by atoms with Crippen LogP contribution in [0.1, 0.15) is 17.2 Å². The molecule has 0 fully saturated rings. The number of carbonyl (C=O) groups excluding carboxylic acids is 1. The molecule has 2 aromatic rings. The van der Waals surface area contributed by atoms with Crippen molar-refractivity contribution in [2.45, 2.75) is 13.0 Å². The molecule has 0 bridgehead atoms. The van der Waals surface area contributed by atoms with E-state index in [0.29, 0.717) is 0 Å². The van der Waals surface area contributed by atoms with E-state index in [1.807, 2.05) is 37.3 Å². The lowest BCUT2D eigenvalue weighted by molar-refractivity contribution is -0.118. The first-order valence-corrected chi connectivity index (χ1v) is 6.58. The summed E-state index contributed by atoms with van der Waals surface area (Å²) < 4.78 is 0.808. The topological polar surface area (TPSA) is 68.0 Å². The Morgan fingerprint density at radius 2 is 2.16 bits per heavy atom. The molecule has 1 atom stereocenters. The summed E-state index contributed by atoms with van der Waals surface area (Å²) in [6.45, 7) is 1.99. The van der Waals surface area contributed by atoms with Gasteiger partial charge in [-0.3, -0.25) is 9.78 Å². The molecule has 1 unspecified atom stereocenters. The van der Waals surface area contributed by atoms with Gasteiger partial charge < -0.3 is 11.1 Å². The number of benzene rings is 1. The van der Waals surface area contributed by atoms with E-state index in [4.69, 9.17) is 5.73 Å². The van der Waals surface area contributed by atoms with Gasteiger partial charge in [-0.25, -0.2) is 0 Å². The Hall–Kier alpha value is -1.88. The zero-order valence-corrected chi connectivity index (χ0v) is 12.0. The van der Waals surface area contributed by atoms with Gasteiger partial charge in [-0.05, 0) is 46.6 Å². The predicted octanol–water partition coefficient (Wildman–Crippen LogP) is 2.79. The van der Waals surface area contributed by atoms with Crippen LogP contribution < -0.4 is 11.1 Å². The van der Waals surface area contributed by atoms with Gasteiger partial charge in [-0.15, -0.1) is 0 Å². The van der Waals surface area contributed by atoms with Crippen LogP contribution in [0.25, 0.3) is 0 Å². The molecule has 1 aromatic heterocycles. The van der Waals surface area contributed by atoms with Crippen LogP contribution >= 0.6 is 15.9 Å². The third-order valence-electron chi connectivity index (χ3n) is 2.67. The number of rotatable bonds is 4. The monoisotopic (exact) mass is 319 g/mol. The molecule has 0 spiro atoms. The Morgan fingerprint density at radius 1 is 1.37 bits per heavy atom. The van der Waals surface area contributed by atoms with Gasteiger partial charge in [0.25, 0.3) is 0 Å². The number of nitrogens with zero attached hydrogens (tertiary/aromatic N) is 1. The van der Waals surface area contributed by atoms with E-state index in [1.165, 1.54) is 0 Å². The maximum atomic E-state index is 11.6. The Bertz CT molecular complexity index is 601. The Kier molecular flexibility index (Phi) is 4.16. The van der Waals surface area contributed by atoms with Gasteiger partial charge in [0.05, 0.1) is 0 Å². The second-order valence-electron chi connectivity index (χ2n) is 4.29. The summed E-state index contributed by atoms with van der Waals surface area (Å²) in [5.41, 5.74) is 8.15. The number of aromatic nitrogens is 1. The van der Waals surface area contributed by atoms with E-state index in [9.17, 15) is 4.79 Å². The first-order valence-electron chi connectivity index (χ1n) is 5.79. The number of nitrogens with one attached hydrogen (secondary N) is 1. The van der Waals surface area contributed by atoms with Crippen molar-refractivity contribution >= 4 is 27.5 Å². The number of nitrogens with two attached hydrogens (primary N) is 1. The minimum atomic E-state index is -0.605. The zero-order chi connectivity index (χ0) is 13.8.